The van der Waals surface area contributed by atoms with E-state index in [1.165, 1.54) is 5.56 Å². The van der Waals surface area contributed by atoms with Gasteiger partial charge in [0, 0.05) is 12.6 Å². The molecule has 1 aromatic heterocycles. The standard InChI is InChI=1S/C22H22N2O/c1-17(18-10-4-2-5-11-18)16-21(25)24-22(19-12-6-3-7-13-19)20-14-8-9-15-23-20/h2-15,17,22H,16H2,1H3,(H,24,25). The molecule has 3 heteroatoms. The highest BCUT2D eigenvalue weighted by Gasteiger charge is 2.19. The summed E-state index contributed by atoms with van der Waals surface area (Å²) in [6.45, 7) is 2.08. The highest BCUT2D eigenvalue weighted by molar-refractivity contribution is 5.77. The molecule has 126 valence electrons. The predicted molar refractivity (Wildman–Crippen MR) is 100 cm³/mol. The minimum Gasteiger partial charge on any atom is -0.344 e. The van der Waals surface area contributed by atoms with E-state index >= 15 is 0 Å². The number of nitrogens with zero attached hydrogens (tertiary/aromatic N) is 1. The zero-order chi connectivity index (χ0) is 17.5. The number of nitrogens with one attached hydrogen (secondary N) is 1. The van der Waals surface area contributed by atoms with Gasteiger partial charge in [-0.2, -0.15) is 0 Å². The number of hydrogen-bond donors (Lipinski definition) is 1. The molecule has 25 heavy (non-hydrogen) atoms. The van der Waals surface area contributed by atoms with Crippen LogP contribution < -0.4 is 5.32 Å². The van der Waals surface area contributed by atoms with E-state index in [1.54, 1.807) is 6.20 Å². The molecule has 3 aromatic rings. The highest BCUT2D eigenvalue weighted by atomic mass is 16.1. The summed E-state index contributed by atoms with van der Waals surface area (Å²) in [5.74, 6) is 0.192. The normalized spacial score (nSPS) is 13.0. The summed E-state index contributed by atoms with van der Waals surface area (Å²) < 4.78 is 0. The third-order valence-electron chi connectivity index (χ3n) is 4.28. The Kier molecular flexibility index (Phi) is 5.57. The number of hydrogen-bond acceptors (Lipinski definition) is 2. The second-order valence-electron chi connectivity index (χ2n) is 6.18. The van der Waals surface area contributed by atoms with Gasteiger partial charge in [-0.25, -0.2) is 0 Å². The molecule has 2 unspecified atom stereocenters. The van der Waals surface area contributed by atoms with Crippen LogP contribution in [0.4, 0.5) is 0 Å². The lowest BCUT2D eigenvalue weighted by atomic mass is 9.96. The quantitative estimate of drug-likeness (QED) is 0.724. The van der Waals surface area contributed by atoms with Crippen molar-refractivity contribution in [2.45, 2.75) is 25.3 Å². The van der Waals surface area contributed by atoms with E-state index in [0.717, 1.165) is 11.3 Å². The van der Waals surface area contributed by atoms with Gasteiger partial charge in [-0.3, -0.25) is 9.78 Å². The summed E-state index contributed by atoms with van der Waals surface area (Å²) in [7, 11) is 0. The first-order valence-electron chi connectivity index (χ1n) is 8.54. The first-order chi connectivity index (χ1) is 12.2. The minimum absolute atomic E-state index is 0.0239. The molecule has 1 amide bonds. The molecule has 1 N–H and O–H groups in total. The van der Waals surface area contributed by atoms with Crippen molar-refractivity contribution < 1.29 is 4.79 Å². The van der Waals surface area contributed by atoms with Crippen LogP contribution in [-0.2, 0) is 4.79 Å². The molecule has 3 rings (SSSR count). The van der Waals surface area contributed by atoms with Crippen molar-refractivity contribution in [3.05, 3.63) is 102 Å². The van der Waals surface area contributed by atoms with Crippen molar-refractivity contribution >= 4 is 5.91 Å². The zero-order valence-electron chi connectivity index (χ0n) is 14.3. The Balaban J connectivity index is 1.75. The summed E-state index contributed by atoms with van der Waals surface area (Å²) >= 11 is 0. The van der Waals surface area contributed by atoms with Crippen LogP contribution in [0, 0.1) is 0 Å². The van der Waals surface area contributed by atoms with E-state index in [4.69, 9.17) is 0 Å². The van der Waals surface area contributed by atoms with Gasteiger partial charge in [0.25, 0.3) is 0 Å². The number of carbonyl (C=O) groups is 1. The second kappa shape index (κ2) is 8.25. The van der Waals surface area contributed by atoms with Gasteiger partial charge in [0.05, 0.1) is 11.7 Å². The van der Waals surface area contributed by atoms with Crippen molar-refractivity contribution in [3.8, 4) is 0 Å². The Hall–Kier alpha value is -2.94. The first-order valence-corrected chi connectivity index (χ1v) is 8.54. The van der Waals surface area contributed by atoms with Gasteiger partial charge in [-0.05, 0) is 29.2 Å². The van der Waals surface area contributed by atoms with E-state index in [0.29, 0.717) is 6.42 Å². The molecule has 0 saturated carbocycles. The van der Waals surface area contributed by atoms with Gasteiger partial charge in [-0.15, -0.1) is 0 Å². The molecule has 0 aliphatic rings. The molecular weight excluding hydrogens is 308 g/mol. The molecule has 1 heterocycles. The van der Waals surface area contributed by atoms with Crippen molar-refractivity contribution in [3.63, 3.8) is 0 Å². The van der Waals surface area contributed by atoms with Crippen LogP contribution in [0.25, 0.3) is 0 Å². The average Bonchev–Trinajstić information content (AvgIpc) is 2.68. The van der Waals surface area contributed by atoms with Crippen molar-refractivity contribution in [2.24, 2.45) is 0 Å². The molecule has 0 spiro atoms. The Labute approximate surface area is 148 Å². The molecule has 2 atom stereocenters. The summed E-state index contributed by atoms with van der Waals surface area (Å²) in [5.41, 5.74) is 3.04. The third-order valence-corrected chi connectivity index (χ3v) is 4.28. The summed E-state index contributed by atoms with van der Waals surface area (Å²) in [6.07, 6.45) is 2.20. The Morgan fingerprint density at radius 1 is 0.880 bits per heavy atom. The molecular formula is C22H22N2O. The van der Waals surface area contributed by atoms with Crippen LogP contribution in [0.15, 0.2) is 85.1 Å². The van der Waals surface area contributed by atoms with Crippen LogP contribution in [0.1, 0.15) is 42.1 Å². The van der Waals surface area contributed by atoms with Gasteiger partial charge in [0.2, 0.25) is 5.91 Å². The van der Waals surface area contributed by atoms with Crippen molar-refractivity contribution in [1.82, 2.24) is 10.3 Å². The van der Waals surface area contributed by atoms with Gasteiger partial charge in [-0.1, -0.05) is 73.7 Å². The number of rotatable bonds is 6. The summed E-state index contributed by atoms with van der Waals surface area (Å²) in [5, 5.41) is 3.15. The van der Waals surface area contributed by atoms with Crippen LogP contribution >= 0.6 is 0 Å². The maximum atomic E-state index is 12.6. The number of aromatic nitrogens is 1. The molecule has 0 bridgehead atoms. The van der Waals surface area contributed by atoms with Crippen LogP contribution in [0.3, 0.4) is 0 Å². The van der Waals surface area contributed by atoms with Gasteiger partial charge >= 0.3 is 0 Å². The van der Waals surface area contributed by atoms with E-state index in [1.807, 2.05) is 66.7 Å². The minimum atomic E-state index is -0.238. The van der Waals surface area contributed by atoms with E-state index < -0.39 is 0 Å². The van der Waals surface area contributed by atoms with Crippen LogP contribution in [0.5, 0.6) is 0 Å². The third kappa shape index (κ3) is 4.54. The fourth-order valence-electron chi connectivity index (χ4n) is 2.92. The number of carbonyl (C=O) groups excluding carboxylic acids is 1. The van der Waals surface area contributed by atoms with Crippen LogP contribution in [0.2, 0.25) is 0 Å². The SMILES string of the molecule is CC(CC(=O)NC(c1ccccc1)c1ccccn1)c1ccccc1. The average molecular weight is 330 g/mol. The second-order valence-corrected chi connectivity index (χ2v) is 6.18. The topological polar surface area (TPSA) is 42.0 Å². The van der Waals surface area contributed by atoms with E-state index in [9.17, 15) is 4.79 Å². The van der Waals surface area contributed by atoms with Gasteiger partial charge in [0.1, 0.15) is 0 Å². The first kappa shape index (κ1) is 16.9. The molecule has 0 radical (unpaired) electrons. The lowest BCUT2D eigenvalue weighted by molar-refractivity contribution is -0.121. The fraction of sp³-hybridized carbons (Fsp3) is 0.182. The highest BCUT2D eigenvalue weighted by Crippen LogP contribution is 2.22. The molecule has 2 aromatic carbocycles. The maximum Gasteiger partial charge on any atom is 0.221 e. The van der Waals surface area contributed by atoms with Crippen molar-refractivity contribution in [1.29, 1.82) is 0 Å². The monoisotopic (exact) mass is 330 g/mol. The lowest BCUT2D eigenvalue weighted by Crippen LogP contribution is -2.30. The molecule has 0 aliphatic carbocycles. The molecule has 0 aliphatic heterocycles. The van der Waals surface area contributed by atoms with Crippen LogP contribution in [-0.4, -0.2) is 10.9 Å². The summed E-state index contributed by atoms with van der Waals surface area (Å²) in [6, 6.07) is 25.6. The molecule has 0 fully saturated rings. The Morgan fingerprint density at radius 3 is 2.08 bits per heavy atom. The van der Waals surface area contributed by atoms with E-state index in [-0.39, 0.29) is 17.9 Å². The smallest absolute Gasteiger partial charge is 0.221 e. The molecule has 0 saturated heterocycles. The van der Waals surface area contributed by atoms with Crippen molar-refractivity contribution in [2.75, 3.05) is 0 Å². The largest absolute Gasteiger partial charge is 0.344 e. The predicted octanol–water partition coefficient (Wildman–Crippen LogP) is 4.48. The Morgan fingerprint density at radius 2 is 1.48 bits per heavy atom. The van der Waals surface area contributed by atoms with Gasteiger partial charge < -0.3 is 5.32 Å². The summed E-state index contributed by atoms with van der Waals surface area (Å²) in [4.78, 5) is 17.1. The zero-order valence-corrected chi connectivity index (χ0v) is 14.3. The number of amides is 1. The number of pyridine rings is 1. The lowest BCUT2D eigenvalue weighted by Gasteiger charge is -2.20. The number of benzene rings is 2. The Bertz CT molecular complexity index is 749. The molecule has 3 nitrogen and oxygen atoms in total. The maximum absolute atomic E-state index is 12.6. The van der Waals surface area contributed by atoms with Gasteiger partial charge in [0.15, 0.2) is 0 Å². The fourth-order valence-corrected chi connectivity index (χ4v) is 2.92. The van der Waals surface area contributed by atoms with E-state index in [2.05, 4.69) is 29.4 Å².